The van der Waals surface area contributed by atoms with Crippen molar-refractivity contribution in [2.75, 3.05) is 25.5 Å². The molecule has 1 unspecified atom stereocenters. The van der Waals surface area contributed by atoms with Crippen molar-refractivity contribution < 1.29 is 14.3 Å². The Labute approximate surface area is 158 Å². The molecule has 2 amide bonds. The first kappa shape index (κ1) is 18.5. The van der Waals surface area contributed by atoms with Crippen molar-refractivity contribution in [1.29, 1.82) is 5.26 Å². The SMILES string of the molecule is COc1ccccc1CCN1CC(C(=O)Nc2ccccc2C#N)CC1=O. The molecule has 1 aliphatic heterocycles. The van der Waals surface area contributed by atoms with Crippen molar-refractivity contribution in [3.63, 3.8) is 0 Å². The summed E-state index contributed by atoms with van der Waals surface area (Å²) in [6.45, 7) is 0.923. The number of amides is 2. The minimum Gasteiger partial charge on any atom is -0.496 e. The van der Waals surface area contributed by atoms with Crippen molar-refractivity contribution in [1.82, 2.24) is 4.90 Å². The normalized spacial score (nSPS) is 16.1. The Morgan fingerprint density at radius 3 is 2.78 bits per heavy atom. The van der Waals surface area contributed by atoms with Crippen LogP contribution in [0.2, 0.25) is 0 Å². The highest BCUT2D eigenvalue weighted by atomic mass is 16.5. The van der Waals surface area contributed by atoms with Crippen LogP contribution < -0.4 is 10.1 Å². The van der Waals surface area contributed by atoms with Crippen LogP contribution in [0.15, 0.2) is 48.5 Å². The number of carbonyl (C=O) groups excluding carboxylic acids is 2. The van der Waals surface area contributed by atoms with Crippen LogP contribution in [-0.4, -0.2) is 36.9 Å². The molecule has 6 heteroatoms. The average molecular weight is 363 g/mol. The van der Waals surface area contributed by atoms with Gasteiger partial charge in [0, 0.05) is 19.5 Å². The maximum atomic E-state index is 12.5. The summed E-state index contributed by atoms with van der Waals surface area (Å²) in [5, 5.41) is 11.9. The zero-order chi connectivity index (χ0) is 19.2. The molecule has 1 fully saturated rings. The van der Waals surface area contributed by atoms with Crippen LogP contribution in [0.4, 0.5) is 5.69 Å². The predicted octanol–water partition coefficient (Wildman–Crippen LogP) is 2.60. The molecule has 1 N–H and O–H groups in total. The van der Waals surface area contributed by atoms with Gasteiger partial charge in [-0.3, -0.25) is 9.59 Å². The number of nitrogens with one attached hydrogen (secondary N) is 1. The molecule has 138 valence electrons. The van der Waals surface area contributed by atoms with Crippen LogP contribution in [0.5, 0.6) is 5.75 Å². The van der Waals surface area contributed by atoms with Crippen molar-refractivity contribution in [2.45, 2.75) is 12.8 Å². The second-order valence-corrected chi connectivity index (χ2v) is 6.45. The lowest BCUT2D eigenvalue weighted by molar-refractivity contribution is -0.128. The van der Waals surface area contributed by atoms with Crippen molar-refractivity contribution >= 4 is 17.5 Å². The topological polar surface area (TPSA) is 82.4 Å². The number of nitriles is 1. The minimum atomic E-state index is -0.415. The first-order valence-corrected chi connectivity index (χ1v) is 8.82. The summed E-state index contributed by atoms with van der Waals surface area (Å²) in [4.78, 5) is 26.5. The van der Waals surface area contributed by atoms with Gasteiger partial charge in [-0.1, -0.05) is 30.3 Å². The van der Waals surface area contributed by atoms with Crippen LogP contribution in [0, 0.1) is 17.2 Å². The average Bonchev–Trinajstić information content (AvgIpc) is 3.07. The third-order valence-corrected chi connectivity index (χ3v) is 4.73. The summed E-state index contributed by atoms with van der Waals surface area (Å²) in [7, 11) is 1.62. The van der Waals surface area contributed by atoms with E-state index in [1.165, 1.54) is 0 Å². The van der Waals surface area contributed by atoms with E-state index in [2.05, 4.69) is 11.4 Å². The van der Waals surface area contributed by atoms with Gasteiger partial charge >= 0.3 is 0 Å². The number of benzene rings is 2. The van der Waals surface area contributed by atoms with Crippen molar-refractivity contribution in [3.8, 4) is 11.8 Å². The lowest BCUT2D eigenvalue weighted by Crippen LogP contribution is -2.30. The number of anilines is 1. The van der Waals surface area contributed by atoms with Crippen molar-refractivity contribution in [3.05, 3.63) is 59.7 Å². The third kappa shape index (κ3) is 4.26. The van der Waals surface area contributed by atoms with Gasteiger partial charge in [-0.15, -0.1) is 0 Å². The second-order valence-electron chi connectivity index (χ2n) is 6.45. The molecular weight excluding hydrogens is 342 g/mol. The summed E-state index contributed by atoms with van der Waals surface area (Å²) in [6.07, 6.45) is 0.855. The maximum Gasteiger partial charge on any atom is 0.229 e. The number of hydrogen-bond acceptors (Lipinski definition) is 4. The van der Waals surface area contributed by atoms with E-state index >= 15 is 0 Å². The molecular formula is C21H21N3O3. The highest BCUT2D eigenvalue weighted by Gasteiger charge is 2.34. The van der Waals surface area contributed by atoms with Crippen molar-refractivity contribution in [2.24, 2.45) is 5.92 Å². The molecule has 0 saturated carbocycles. The molecule has 27 heavy (non-hydrogen) atoms. The molecule has 2 aromatic carbocycles. The van der Waals surface area contributed by atoms with E-state index in [1.54, 1.807) is 36.3 Å². The highest BCUT2D eigenvalue weighted by Crippen LogP contribution is 2.23. The zero-order valence-corrected chi connectivity index (χ0v) is 15.1. The second kappa shape index (κ2) is 8.37. The fraction of sp³-hybridized carbons (Fsp3) is 0.286. The van der Waals surface area contributed by atoms with E-state index in [0.29, 0.717) is 30.8 Å². The van der Waals surface area contributed by atoms with Crippen LogP contribution in [0.3, 0.4) is 0 Å². The molecule has 1 saturated heterocycles. The highest BCUT2D eigenvalue weighted by molar-refractivity contribution is 5.98. The number of hydrogen-bond donors (Lipinski definition) is 1. The van der Waals surface area contributed by atoms with Gasteiger partial charge in [0.2, 0.25) is 11.8 Å². The van der Waals surface area contributed by atoms with E-state index in [1.807, 2.05) is 24.3 Å². The molecule has 0 spiro atoms. The molecule has 0 aliphatic carbocycles. The van der Waals surface area contributed by atoms with E-state index in [9.17, 15) is 9.59 Å². The molecule has 1 atom stereocenters. The van der Waals surface area contributed by atoms with E-state index in [0.717, 1.165) is 11.3 Å². The van der Waals surface area contributed by atoms with E-state index in [4.69, 9.17) is 10.00 Å². The molecule has 0 bridgehead atoms. The quantitative estimate of drug-likeness (QED) is 0.855. The summed E-state index contributed by atoms with van der Waals surface area (Å²) in [5.41, 5.74) is 1.91. The molecule has 3 rings (SSSR count). The zero-order valence-electron chi connectivity index (χ0n) is 15.1. The van der Waals surface area contributed by atoms with Gasteiger partial charge in [0.15, 0.2) is 0 Å². The van der Waals surface area contributed by atoms with Gasteiger partial charge in [0.05, 0.1) is 24.3 Å². The first-order valence-electron chi connectivity index (χ1n) is 8.82. The molecule has 0 radical (unpaired) electrons. The monoisotopic (exact) mass is 363 g/mol. The van der Waals surface area contributed by atoms with Crippen LogP contribution in [-0.2, 0) is 16.0 Å². The predicted molar refractivity (Wildman–Crippen MR) is 101 cm³/mol. The summed E-state index contributed by atoms with van der Waals surface area (Å²) in [6, 6.07) is 16.6. The Morgan fingerprint density at radius 1 is 1.26 bits per heavy atom. The number of likely N-dealkylation sites (tertiary alicyclic amines) is 1. The number of ether oxygens (including phenoxy) is 1. The van der Waals surface area contributed by atoms with Gasteiger partial charge in [0.1, 0.15) is 11.8 Å². The summed E-state index contributed by atoms with van der Waals surface area (Å²) < 4.78 is 5.34. The smallest absolute Gasteiger partial charge is 0.229 e. The third-order valence-electron chi connectivity index (χ3n) is 4.73. The van der Waals surface area contributed by atoms with E-state index in [-0.39, 0.29) is 18.2 Å². The number of para-hydroxylation sites is 2. The summed E-state index contributed by atoms with van der Waals surface area (Å²) >= 11 is 0. The Kier molecular flexibility index (Phi) is 5.72. The van der Waals surface area contributed by atoms with Gasteiger partial charge < -0.3 is 15.0 Å². The van der Waals surface area contributed by atoms with E-state index < -0.39 is 5.92 Å². The number of methoxy groups -OCH3 is 1. The van der Waals surface area contributed by atoms with Crippen LogP contribution in [0.1, 0.15) is 17.5 Å². The van der Waals surface area contributed by atoms with Crippen LogP contribution >= 0.6 is 0 Å². The fourth-order valence-electron chi connectivity index (χ4n) is 3.25. The van der Waals surface area contributed by atoms with Gasteiger partial charge in [0.25, 0.3) is 0 Å². The number of carbonyl (C=O) groups is 2. The summed E-state index contributed by atoms with van der Waals surface area (Å²) in [5.74, 6) is 0.123. The molecule has 2 aromatic rings. The Balaban J connectivity index is 1.60. The molecule has 6 nitrogen and oxygen atoms in total. The Morgan fingerprint density at radius 2 is 2.00 bits per heavy atom. The standard InChI is InChI=1S/C21H21N3O3/c1-27-19-9-5-3-6-15(19)10-11-24-14-17(12-20(24)25)21(26)23-18-8-4-2-7-16(18)13-22/h2-9,17H,10-12,14H2,1H3,(H,23,26). The Bertz CT molecular complexity index is 888. The lowest BCUT2D eigenvalue weighted by Gasteiger charge is -2.17. The molecule has 0 aromatic heterocycles. The maximum absolute atomic E-state index is 12.5. The lowest BCUT2D eigenvalue weighted by atomic mass is 10.1. The largest absolute Gasteiger partial charge is 0.496 e. The minimum absolute atomic E-state index is 0.0291. The van der Waals surface area contributed by atoms with Crippen LogP contribution in [0.25, 0.3) is 0 Å². The molecule has 1 heterocycles. The van der Waals surface area contributed by atoms with Gasteiger partial charge in [-0.25, -0.2) is 0 Å². The number of rotatable bonds is 6. The Hall–Kier alpha value is -3.33. The fourth-order valence-corrected chi connectivity index (χ4v) is 3.25. The van der Waals surface area contributed by atoms with Gasteiger partial charge in [-0.05, 0) is 30.2 Å². The molecule has 1 aliphatic rings. The first-order chi connectivity index (χ1) is 13.1. The van der Waals surface area contributed by atoms with Gasteiger partial charge in [-0.2, -0.15) is 5.26 Å². The number of nitrogens with zero attached hydrogens (tertiary/aromatic N) is 2.